The third-order valence-electron chi connectivity index (χ3n) is 2.19. The zero-order valence-electron chi connectivity index (χ0n) is 9.94. The summed E-state index contributed by atoms with van der Waals surface area (Å²) in [6.07, 6.45) is 2.05. The summed E-state index contributed by atoms with van der Waals surface area (Å²) in [4.78, 5) is 2.79. The lowest BCUT2D eigenvalue weighted by Crippen LogP contribution is -2.24. The maximum atomic E-state index is 4.52. The van der Waals surface area contributed by atoms with Crippen molar-refractivity contribution in [2.75, 3.05) is 13.6 Å². The molecular formula is C11H20BrN3. The van der Waals surface area contributed by atoms with Crippen molar-refractivity contribution in [3.8, 4) is 0 Å². The molecule has 0 saturated heterocycles. The lowest BCUT2D eigenvalue weighted by atomic mass is 10.3. The molecular weight excluding hydrogens is 254 g/mol. The molecule has 0 N–H and O–H groups in total. The smallest absolute Gasteiger partial charge is 0.0764 e. The first-order chi connectivity index (χ1) is 6.99. The second kappa shape index (κ2) is 5.66. The monoisotopic (exact) mass is 273 g/mol. The molecule has 3 nitrogen and oxygen atoms in total. The summed E-state index contributed by atoms with van der Waals surface area (Å²) in [7, 11) is 2.12. The summed E-state index contributed by atoms with van der Waals surface area (Å²) >= 11 is 3.55. The van der Waals surface area contributed by atoms with E-state index in [1.54, 1.807) is 0 Å². The lowest BCUT2D eigenvalue weighted by Gasteiger charge is -2.16. The number of hydrogen-bond acceptors (Lipinski definition) is 2. The van der Waals surface area contributed by atoms with Gasteiger partial charge < -0.3 is 0 Å². The van der Waals surface area contributed by atoms with Crippen LogP contribution in [0.2, 0.25) is 0 Å². The maximum Gasteiger partial charge on any atom is 0.0764 e. The molecule has 0 bridgehead atoms. The van der Waals surface area contributed by atoms with Crippen LogP contribution in [0, 0.1) is 0 Å². The van der Waals surface area contributed by atoms with Crippen LogP contribution in [0.25, 0.3) is 0 Å². The topological polar surface area (TPSA) is 21.1 Å². The van der Waals surface area contributed by atoms with E-state index < -0.39 is 0 Å². The van der Waals surface area contributed by atoms with E-state index in [1.165, 1.54) is 0 Å². The molecule has 86 valence electrons. The van der Waals surface area contributed by atoms with Gasteiger partial charge in [-0.25, -0.2) is 0 Å². The first-order valence-electron chi connectivity index (χ1n) is 5.35. The Hall–Kier alpha value is -0.350. The van der Waals surface area contributed by atoms with Gasteiger partial charge in [-0.3, -0.25) is 9.58 Å². The quantitative estimate of drug-likeness (QED) is 0.770. The van der Waals surface area contributed by atoms with Crippen LogP contribution in [-0.4, -0.2) is 33.1 Å². The zero-order valence-corrected chi connectivity index (χ0v) is 11.5. The van der Waals surface area contributed by atoms with E-state index in [2.05, 4.69) is 59.8 Å². The predicted octanol–water partition coefficient (Wildman–Crippen LogP) is 2.68. The summed E-state index contributed by atoms with van der Waals surface area (Å²) < 4.78 is 2.00. The molecule has 0 amide bonds. The SMILES string of the molecule is CC(Br)CN(C)Cc1ccn(C(C)C)n1. The molecule has 4 heteroatoms. The number of alkyl halides is 1. The second-order valence-corrected chi connectivity index (χ2v) is 5.92. The molecule has 0 radical (unpaired) electrons. The van der Waals surface area contributed by atoms with Crippen molar-refractivity contribution in [2.45, 2.75) is 38.2 Å². The minimum absolute atomic E-state index is 0.444. The fourth-order valence-electron chi connectivity index (χ4n) is 1.52. The molecule has 0 aliphatic heterocycles. The molecule has 0 aromatic carbocycles. The Kier molecular flexibility index (Phi) is 4.80. The third-order valence-corrected chi connectivity index (χ3v) is 2.48. The molecule has 1 atom stereocenters. The predicted molar refractivity (Wildman–Crippen MR) is 67.3 cm³/mol. The van der Waals surface area contributed by atoms with Crippen molar-refractivity contribution in [3.05, 3.63) is 18.0 Å². The van der Waals surface area contributed by atoms with Gasteiger partial charge in [-0.05, 0) is 27.0 Å². The van der Waals surface area contributed by atoms with Crippen molar-refractivity contribution in [3.63, 3.8) is 0 Å². The van der Waals surface area contributed by atoms with Crippen molar-refractivity contribution in [1.82, 2.24) is 14.7 Å². The Bertz CT molecular complexity index is 294. The highest BCUT2D eigenvalue weighted by Gasteiger charge is 2.07. The highest BCUT2D eigenvalue weighted by molar-refractivity contribution is 9.09. The first kappa shape index (κ1) is 12.7. The molecule has 0 fully saturated rings. The van der Waals surface area contributed by atoms with Gasteiger partial charge in [0.2, 0.25) is 0 Å². The molecule has 1 unspecified atom stereocenters. The summed E-state index contributed by atoms with van der Waals surface area (Å²) in [6, 6.07) is 2.54. The van der Waals surface area contributed by atoms with E-state index in [0.29, 0.717) is 10.9 Å². The van der Waals surface area contributed by atoms with Gasteiger partial charge in [-0.15, -0.1) is 0 Å². The van der Waals surface area contributed by atoms with Gasteiger partial charge in [0.05, 0.1) is 5.69 Å². The van der Waals surface area contributed by atoms with Gasteiger partial charge in [0.15, 0.2) is 0 Å². The maximum absolute atomic E-state index is 4.52. The summed E-state index contributed by atoms with van der Waals surface area (Å²) in [6.45, 7) is 8.38. The van der Waals surface area contributed by atoms with E-state index in [9.17, 15) is 0 Å². The fraction of sp³-hybridized carbons (Fsp3) is 0.727. The molecule has 15 heavy (non-hydrogen) atoms. The standard InChI is InChI=1S/C11H20BrN3/c1-9(2)15-6-5-11(13-15)8-14(4)7-10(3)12/h5-6,9-10H,7-8H2,1-4H3. The number of hydrogen-bond donors (Lipinski definition) is 0. The van der Waals surface area contributed by atoms with Crippen LogP contribution in [0.5, 0.6) is 0 Å². The Balaban J connectivity index is 2.49. The molecule has 1 aromatic heterocycles. The average Bonchev–Trinajstić information content (AvgIpc) is 2.50. The number of rotatable bonds is 5. The summed E-state index contributed by atoms with van der Waals surface area (Å²) in [5, 5.41) is 4.52. The van der Waals surface area contributed by atoms with Crippen LogP contribution in [0.3, 0.4) is 0 Å². The number of aromatic nitrogens is 2. The molecule has 1 rings (SSSR count). The van der Waals surface area contributed by atoms with Gasteiger partial charge in [0.1, 0.15) is 0 Å². The van der Waals surface area contributed by atoms with Crippen LogP contribution in [0.4, 0.5) is 0 Å². The normalized spacial score (nSPS) is 13.8. The Morgan fingerprint density at radius 2 is 2.13 bits per heavy atom. The molecule has 0 aliphatic rings. The highest BCUT2D eigenvalue weighted by atomic mass is 79.9. The zero-order chi connectivity index (χ0) is 11.4. The average molecular weight is 274 g/mol. The highest BCUT2D eigenvalue weighted by Crippen LogP contribution is 2.07. The Morgan fingerprint density at radius 3 is 2.60 bits per heavy atom. The van der Waals surface area contributed by atoms with Gasteiger partial charge >= 0.3 is 0 Å². The molecule has 0 saturated carbocycles. The minimum atomic E-state index is 0.444. The van der Waals surface area contributed by atoms with Crippen LogP contribution in [0.1, 0.15) is 32.5 Å². The summed E-state index contributed by atoms with van der Waals surface area (Å²) in [5.74, 6) is 0. The van der Waals surface area contributed by atoms with E-state index in [1.807, 2.05) is 10.9 Å². The van der Waals surface area contributed by atoms with Crippen molar-refractivity contribution >= 4 is 15.9 Å². The lowest BCUT2D eigenvalue weighted by molar-refractivity contribution is 0.326. The Labute approximate surface area is 101 Å². The van der Waals surface area contributed by atoms with Gasteiger partial charge in [0.25, 0.3) is 0 Å². The van der Waals surface area contributed by atoms with E-state index in [4.69, 9.17) is 0 Å². The first-order valence-corrected chi connectivity index (χ1v) is 6.27. The second-order valence-electron chi connectivity index (χ2n) is 4.36. The number of halogens is 1. The van der Waals surface area contributed by atoms with Crippen LogP contribution >= 0.6 is 15.9 Å². The molecule has 1 heterocycles. The molecule has 1 aromatic rings. The fourth-order valence-corrected chi connectivity index (χ4v) is 2.01. The Morgan fingerprint density at radius 1 is 1.47 bits per heavy atom. The van der Waals surface area contributed by atoms with Crippen molar-refractivity contribution in [2.24, 2.45) is 0 Å². The van der Waals surface area contributed by atoms with E-state index >= 15 is 0 Å². The van der Waals surface area contributed by atoms with Gasteiger partial charge in [0, 0.05) is 30.2 Å². The largest absolute Gasteiger partial charge is 0.299 e. The van der Waals surface area contributed by atoms with Crippen molar-refractivity contribution < 1.29 is 0 Å². The summed E-state index contributed by atoms with van der Waals surface area (Å²) in [5.41, 5.74) is 1.14. The van der Waals surface area contributed by atoms with Crippen molar-refractivity contribution in [1.29, 1.82) is 0 Å². The van der Waals surface area contributed by atoms with E-state index in [0.717, 1.165) is 18.8 Å². The van der Waals surface area contributed by atoms with Crippen LogP contribution in [0.15, 0.2) is 12.3 Å². The number of nitrogens with zero attached hydrogens (tertiary/aromatic N) is 3. The van der Waals surface area contributed by atoms with E-state index in [-0.39, 0.29) is 0 Å². The van der Waals surface area contributed by atoms with Crippen LogP contribution < -0.4 is 0 Å². The van der Waals surface area contributed by atoms with Crippen LogP contribution in [-0.2, 0) is 6.54 Å². The third kappa shape index (κ3) is 4.34. The molecule has 0 spiro atoms. The van der Waals surface area contributed by atoms with Gasteiger partial charge in [-0.1, -0.05) is 22.9 Å². The van der Waals surface area contributed by atoms with Gasteiger partial charge in [-0.2, -0.15) is 5.10 Å². The minimum Gasteiger partial charge on any atom is -0.299 e. The molecule has 0 aliphatic carbocycles.